The maximum absolute atomic E-state index is 11.9. The number of nitrogens with one attached hydrogen (secondary N) is 2. The predicted octanol–water partition coefficient (Wildman–Crippen LogP) is 2.93. The number of imidazole rings is 1. The fourth-order valence-corrected chi connectivity index (χ4v) is 3.07. The second-order valence-electron chi connectivity index (χ2n) is 6.05. The first kappa shape index (κ1) is 15.9. The number of hydrogen-bond donors (Lipinski definition) is 2. The van der Waals surface area contributed by atoms with Crippen molar-refractivity contribution in [3.8, 4) is 0 Å². The molecule has 2 atom stereocenters. The van der Waals surface area contributed by atoms with E-state index in [1.54, 1.807) is 6.20 Å². The van der Waals surface area contributed by atoms with Crippen LogP contribution in [0.2, 0.25) is 0 Å². The highest BCUT2D eigenvalue weighted by Gasteiger charge is 2.21. The van der Waals surface area contributed by atoms with Gasteiger partial charge in [-0.25, -0.2) is 9.78 Å². The number of carbonyl (C=O) groups is 1. The molecule has 118 valence electrons. The third-order valence-electron chi connectivity index (χ3n) is 4.38. The Morgan fingerprint density at radius 1 is 1.38 bits per heavy atom. The number of amides is 2. The molecule has 2 N–H and O–H groups in total. The van der Waals surface area contributed by atoms with Gasteiger partial charge in [-0.15, -0.1) is 0 Å². The Balaban J connectivity index is 1.53. The summed E-state index contributed by atoms with van der Waals surface area (Å²) in [4.78, 5) is 15.9. The smallest absolute Gasteiger partial charge is 0.315 e. The van der Waals surface area contributed by atoms with Crippen LogP contribution in [0.15, 0.2) is 18.7 Å². The van der Waals surface area contributed by atoms with Gasteiger partial charge in [-0.05, 0) is 31.6 Å². The molecule has 2 amide bonds. The summed E-state index contributed by atoms with van der Waals surface area (Å²) in [6, 6.07) is 0.369. The SMILES string of the molecule is CC[C@H]1CCC[C@@H](NC(=O)NCCCCn2ccnc2)C1. The monoisotopic (exact) mass is 292 g/mol. The molecule has 0 aromatic carbocycles. The topological polar surface area (TPSA) is 59.0 Å². The standard InChI is InChI=1S/C16H28N4O/c1-2-14-6-5-7-15(12-14)19-16(21)18-8-3-4-10-20-11-9-17-13-20/h9,11,13-15H,2-8,10,12H2,1H3,(H2,18,19,21)/t14-,15+/m0/s1. The van der Waals surface area contributed by atoms with Gasteiger partial charge in [0.15, 0.2) is 0 Å². The van der Waals surface area contributed by atoms with Gasteiger partial charge in [0.05, 0.1) is 6.33 Å². The average Bonchev–Trinajstić information content (AvgIpc) is 3.00. The van der Waals surface area contributed by atoms with Gasteiger partial charge < -0.3 is 15.2 Å². The van der Waals surface area contributed by atoms with Crippen LogP contribution in [0, 0.1) is 5.92 Å². The van der Waals surface area contributed by atoms with Crippen molar-refractivity contribution in [2.24, 2.45) is 5.92 Å². The summed E-state index contributed by atoms with van der Waals surface area (Å²) in [6.07, 6.45) is 13.7. The van der Waals surface area contributed by atoms with Crippen molar-refractivity contribution in [3.63, 3.8) is 0 Å². The zero-order chi connectivity index (χ0) is 14.9. The molecule has 1 aromatic heterocycles. The molecule has 21 heavy (non-hydrogen) atoms. The van der Waals surface area contributed by atoms with E-state index in [4.69, 9.17) is 0 Å². The Hall–Kier alpha value is -1.52. The Morgan fingerprint density at radius 2 is 2.29 bits per heavy atom. The fraction of sp³-hybridized carbons (Fsp3) is 0.750. The van der Waals surface area contributed by atoms with Crippen LogP contribution in [0.1, 0.15) is 51.9 Å². The average molecular weight is 292 g/mol. The van der Waals surface area contributed by atoms with Gasteiger partial charge in [0.2, 0.25) is 0 Å². The van der Waals surface area contributed by atoms with Crippen LogP contribution in [0.4, 0.5) is 4.79 Å². The summed E-state index contributed by atoms with van der Waals surface area (Å²) in [5.74, 6) is 0.791. The number of aryl methyl sites for hydroxylation is 1. The first-order valence-corrected chi connectivity index (χ1v) is 8.28. The van der Waals surface area contributed by atoms with Gasteiger partial charge in [-0.1, -0.05) is 26.2 Å². The fourth-order valence-electron chi connectivity index (χ4n) is 3.07. The Labute approximate surface area is 127 Å². The Bertz CT molecular complexity index is 404. The van der Waals surface area contributed by atoms with Gasteiger partial charge in [0.25, 0.3) is 0 Å². The maximum Gasteiger partial charge on any atom is 0.315 e. The largest absolute Gasteiger partial charge is 0.338 e. The molecule has 1 aromatic rings. The van der Waals surface area contributed by atoms with E-state index < -0.39 is 0 Å². The van der Waals surface area contributed by atoms with Crippen molar-refractivity contribution in [2.45, 2.75) is 64.5 Å². The second-order valence-corrected chi connectivity index (χ2v) is 6.05. The van der Waals surface area contributed by atoms with E-state index in [0.29, 0.717) is 6.04 Å². The quantitative estimate of drug-likeness (QED) is 0.759. The normalized spacial score (nSPS) is 22.0. The minimum atomic E-state index is -0.000570. The van der Waals surface area contributed by atoms with Crippen LogP contribution in [0.3, 0.4) is 0 Å². The van der Waals surface area contributed by atoms with Crippen molar-refractivity contribution >= 4 is 6.03 Å². The number of carbonyl (C=O) groups excluding carboxylic acids is 1. The molecule has 1 aliphatic carbocycles. The van der Waals surface area contributed by atoms with Crippen molar-refractivity contribution < 1.29 is 4.79 Å². The highest BCUT2D eigenvalue weighted by Crippen LogP contribution is 2.26. The molecule has 1 aliphatic rings. The van der Waals surface area contributed by atoms with E-state index >= 15 is 0 Å². The molecule has 5 heteroatoms. The summed E-state index contributed by atoms with van der Waals surface area (Å²) in [7, 11) is 0. The van der Waals surface area contributed by atoms with Crippen LogP contribution >= 0.6 is 0 Å². The summed E-state index contributed by atoms with van der Waals surface area (Å²) in [6.45, 7) is 3.95. The molecule has 5 nitrogen and oxygen atoms in total. The molecule has 0 radical (unpaired) electrons. The lowest BCUT2D eigenvalue weighted by Crippen LogP contribution is -2.44. The van der Waals surface area contributed by atoms with Gasteiger partial charge in [0, 0.05) is 31.5 Å². The third kappa shape index (κ3) is 5.78. The van der Waals surface area contributed by atoms with E-state index in [9.17, 15) is 4.79 Å². The molecule has 0 aliphatic heterocycles. The van der Waals surface area contributed by atoms with E-state index in [1.807, 2.05) is 12.5 Å². The minimum Gasteiger partial charge on any atom is -0.338 e. The number of nitrogens with zero attached hydrogens (tertiary/aromatic N) is 2. The lowest BCUT2D eigenvalue weighted by atomic mass is 9.84. The van der Waals surface area contributed by atoms with Crippen LogP contribution in [-0.4, -0.2) is 28.2 Å². The van der Waals surface area contributed by atoms with Gasteiger partial charge in [-0.2, -0.15) is 0 Å². The van der Waals surface area contributed by atoms with E-state index in [0.717, 1.165) is 44.7 Å². The summed E-state index contributed by atoms with van der Waals surface area (Å²) in [5, 5.41) is 6.09. The third-order valence-corrected chi connectivity index (χ3v) is 4.38. The molecule has 0 bridgehead atoms. The van der Waals surface area contributed by atoms with Crippen molar-refractivity contribution in [1.29, 1.82) is 0 Å². The van der Waals surface area contributed by atoms with Crippen molar-refractivity contribution in [2.75, 3.05) is 6.54 Å². The highest BCUT2D eigenvalue weighted by molar-refractivity contribution is 5.74. The molecule has 1 fully saturated rings. The zero-order valence-corrected chi connectivity index (χ0v) is 13.1. The second kappa shape index (κ2) is 8.70. The Kier molecular flexibility index (Phi) is 6.57. The predicted molar refractivity (Wildman–Crippen MR) is 84.0 cm³/mol. The number of aromatic nitrogens is 2. The zero-order valence-electron chi connectivity index (χ0n) is 13.1. The molecule has 1 heterocycles. The number of rotatable bonds is 7. The molecule has 2 rings (SSSR count). The molecule has 1 saturated carbocycles. The van der Waals surface area contributed by atoms with Crippen LogP contribution in [0.5, 0.6) is 0 Å². The minimum absolute atomic E-state index is 0.000570. The first-order valence-electron chi connectivity index (χ1n) is 8.28. The van der Waals surface area contributed by atoms with E-state index in [-0.39, 0.29) is 6.03 Å². The molecule has 0 spiro atoms. The first-order chi connectivity index (χ1) is 10.3. The highest BCUT2D eigenvalue weighted by atomic mass is 16.2. The number of hydrogen-bond acceptors (Lipinski definition) is 2. The molecular formula is C16H28N4O. The van der Waals surface area contributed by atoms with Gasteiger partial charge in [-0.3, -0.25) is 0 Å². The van der Waals surface area contributed by atoms with Crippen molar-refractivity contribution in [1.82, 2.24) is 20.2 Å². The molecule has 0 unspecified atom stereocenters. The number of unbranched alkanes of at least 4 members (excludes halogenated alkanes) is 1. The van der Waals surface area contributed by atoms with Crippen molar-refractivity contribution in [3.05, 3.63) is 18.7 Å². The van der Waals surface area contributed by atoms with Gasteiger partial charge >= 0.3 is 6.03 Å². The lowest BCUT2D eigenvalue weighted by Gasteiger charge is -2.29. The number of urea groups is 1. The summed E-state index contributed by atoms with van der Waals surface area (Å²) >= 11 is 0. The van der Waals surface area contributed by atoms with Crippen LogP contribution < -0.4 is 10.6 Å². The molecule has 0 saturated heterocycles. The summed E-state index contributed by atoms with van der Waals surface area (Å²) < 4.78 is 2.06. The molecular weight excluding hydrogens is 264 g/mol. The van der Waals surface area contributed by atoms with E-state index in [1.165, 1.54) is 19.3 Å². The Morgan fingerprint density at radius 3 is 3.05 bits per heavy atom. The van der Waals surface area contributed by atoms with Crippen LogP contribution in [0.25, 0.3) is 0 Å². The maximum atomic E-state index is 11.9. The summed E-state index contributed by atoms with van der Waals surface area (Å²) in [5.41, 5.74) is 0. The van der Waals surface area contributed by atoms with Crippen LogP contribution in [-0.2, 0) is 6.54 Å². The lowest BCUT2D eigenvalue weighted by molar-refractivity contribution is 0.224. The van der Waals surface area contributed by atoms with Gasteiger partial charge in [0.1, 0.15) is 0 Å². The van der Waals surface area contributed by atoms with E-state index in [2.05, 4.69) is 27.1 Å².